The standard InChI is InChI=1S/C24H26ClN5O2/c1-18-22(16-27-30(18)21-9-5-8-20(25)14-21)24(32)29-12-10-28(11-13-29)17-23(31)26-15-19-6-3-2-4-7-19/h2-9,14,16H,10-13,15,17H2,1H3,(H,26,31). The van der Waals surface area contributed by atoms with Gasteiger partial charge >= 0.3 is 0 Å². The lowest BCUT2D eigenvalue weighted by atomic mass is 10.2. The number of nitrogens with zero attached hydrogens (tertiary/aromatic N) is 4. The third kappa shape index (κ3) is 5.18. The van der Waals surface area contributed by atoms with Crippen molar-refractivity contribution in [1.29, 1.82) is 0 Å². The molecule has 2 heterocycles. The van der Waals surface area contributed by atoms with Crippen LogP contribution in [0.5, 0.6) is 0 Å². The van der Waals surface area contributed by atoms with E-state index < -0.39 is 0 Å². The first-order chi connectivity index (χ1) is 15.5. The molecular formula is C24H26ClN5O2. The SMILES string of the molecule is Cc1c(C(=O)N2CCN(CC(=O)NCc3ccccc3)CC2)cnn1-c1cccc(Cl)c1. The summed E-state index contributed by atoms with van der Waals surface area (Å²) in [5, 5.41) is 7.96. The van der Waals surface area contributed by atoms with Gasteiger partial charge in [-0.25, -0.2) is 4.68 Å². The van der Waals surface area contributed by atoms with Crippen molar-refractivity contribution in [1.82, 2.24) is 24.9 Å². The molecule has 0 radical (unpaired) electrons. The fourth-order valence-corrected chi connectivity index (χ4v) is 4.01. The van der Waals surface area contributed by atoms with Crippen molar-refractivity contribution in [2.24, 2.45) is 0 Å². The number of carbonyl (C=O) groups is 2. The van der Waals surface area contributed by atoms with Crippen LogP contribution < -0.4 is 5.32 Å². The molecule has 2 aromatic carbocycles. The van der Waals surface area contributed by atoms with E-state index in [1.165, 1.54) is 0 Å². The highest BCUT2D eigenvalue weighted by Crippen LogP contribution is 2.19. The lowest BCUT2D eigenvalue weighted by molar-refractivity contribution is -0.122. The first-order valence-electron chi connectivity index (χ1n) is 10.6. The van der Waals surface area contributed by atoms with Crippen LogP contribution >= 0.6 is 11.6 Å². The Balaban J connectivity index is 1.30. The molecule has 1 N–H and O–H groups in total. The smallest absolute Gasteiger partial charge is 0.257 e. The van der Waals surface area contributed by atoms with Crippen LogP contribution in [0.3, 0.4) is 0 Å². The van der Waals surface area contributed by atoms with Crippen LogP contribution in [-0.4, -0.2) is 64.1 Å². The summed E-state index contributed by atoms with van der Waals surface area (Å²) in [7, 11) is 0. The Hall–Kier alpha value is -3.16. The fourth-order valence-electron chi connectivity index (χ4n) is 3.82. The van der Waals surface area contributed by atoms with Crippen LogP contribution in [0.25, 0.3) is 5.69 Å². The van der Waals surface area contributed by atoms with Gasteiger partial charge in [0.05, 0.1) is 29.7 Å². The highest BCUT2D eigenvalue weighted by atomic mass is 35.5. The Labute approximate surface area is 192 Å². The lowest BCUT2D eigenvalue weighted by Gasteiger charge is -2.34. The van der Waals surface area contributed by atoms with E-state index in [0.717, 1.165) is 16.9 Å². The molecule has 0 spiro atoms. The highest BCUT2D eigenvalue weighted by molar-refractivity contribution is 6.30. The van der Waals surface area contributed by atoms with Crippen LogP contribution in [0.15, 0.2) is 60.8 Å². The molecular weight excluding hydrogens is 426 g/mol. The van der Waals surface area contributed by atoms with E-state index in [1.807, 2.05) is 60.4 Å². The number of aromatic nitrogens is 2. The van der Waals surface area contributed by atoms with Crippen molar-refractivity contribution in [2.45, 2.75) is 13.5 Å². The van der Waals surface area contributed by atoms with E-state index in [1.54, 1.807) is 16.9 Å². The summed E-state index contributed by atoms with van der Waals surface area (Å²) in [5.41, 5.74) is 3.25. The van der Waals surface area contributed by atoms with E-state index in [2.05, 4.69) is 15.3 Å². The predicted molar refractivity (Wildman–Crippen MR) is 124 cm³/mol. The minimum atomic E-state index is -0.0380. The molecule has 166 valence electrons. The van der Waals surface area contributed by atoms with Gasteiger partial charge in [-0.05, 0) is 30.7 Å². The summed E-state index contributed by atoms with van der Waals surface area (Å²) < 4.78 is 1.73. The molecule has 7 nitrogen and oxygen atoms in total. The molecule has 1 aliphatic heterocycles. The largest absolute Gasteiger partial charge is 0.351 e. The van der Waals surface area contributed by atoms with E-state index in [4.69, 9.17) is 11.6 Å². The molecule has 1 saturated heterocycles. The Kier molecular flexibility index (Phi) is 6.87. The molecule has 1 aliphatic rings. The molecule has 32 heavy (non-hydrogen) atoms. The topological polar surface area (TPSA) is 70.5 Å². The van der Waals surface area contributed by atoms with Crippen molar-refractivity contribution in [3.63, 3.8) is 0 Å². The van der Waals surface area contributed by atoms with Gasteiger partial charge in [0.1, 0.15) is 0 Å². The number of hydrogen-bond acceptors (Lipinski definition) is 4. The normalized spacial score (nSPS) is 14.4. The van der Waals surface area contributed by atoms with Crippen LogP contribution in [0.1, 0.15) is 21.6 Å². The molecule has 8 heteroatoms. The summed E-state index contributed by atoms with van der Waals surface area (Å²) in [4.78, 5) is 29.2. The van der Waals surface area contributed by atoms with E-state index >= 15 is 0 Å². The number of rotatable bonds is 6. The van der Waals surface area contributed by atoms with Crippen molar-refractivity contribution in [2.75, 3.05) is 32.7 Å². The number of piperazine rings is 1. The summed E-state index contributed by atoms with van der Waals surface area (Å²) in [6.45, 7) is 5.21. The van der Waals surface area contributed by atoms with Crippen LogP contribution in [0.4, 0.5) is 0 Å². The average molecular weight is 452 g/mol. The van der Waals surface area contributed by atoms with Crippen molar-refractivity contribution in [3.05, 3.63) is 82.6 Å². The zero-order valence-corrected chi connectivity index (χ0v) is 18.8. The van der Waals surface area contributed by atoms with Crippen LogP contribution in [0, 0.1) is 6.92 Å². The molecule has 4 rings (SSSR count). The van der Waals surface area contributed by atoms with Gasteiger partial charge in [0, 0.05) is 37.7 Å². The number of benzene rings is 2. The number of carbonyl (C=O) groups excluding carboxylic acids is 2. The number of nitrogens with one attached hydrogen (secondary N) is 1. The summed E-state index contributed by atoms with van der Waals surface area (Å²) in [6.07, 6.45) is 1.61. The third-order valence-corrected chi connectivity index (χ3v) is 5.89. The summed E-state index contributed by atoms with van der Waals surface area (Å²) in [5.74, 6) is -0.0452. The number of halogens is 1. The van der Waals surface area contributed by atoms with Crippen molar-refractivity contribution >= 4 is 23.4 Å². The second-order valence-corrected chi connectivity index (χ2v) is 8.30. The Morgan fingerprint density at radius 3 is 2.50 bits per heavy atom. The molecule has 3 aromatic rings. The third-order valence-electron chi connectivity index (χ3n) is 5.65. The first-order valence-corrected chi connectivity index (χ1v) is 11.0. The molecule has 0 atom stereocenters. The second-order valence-electron chi connectivity index (χ2n) is 7.87. The molecule has 1 fully saturated rings. The van der Waals surface area contributed by atoms with Gasteiger partial charge in [0.2, 0.25) is 5.91 Å². The van der Waals surface area contributed by atoms with Crippen LogP contribution in [-0.2, 0) is 11.3 Å². The maximum Gasteiger partial charge on any atom is 0.257 e. The van der Waals surface area contributed by atoms with Gasteiger partial charge in [-0.1, -0.05) is 48.0 Å². The van der Waals surface area contributed by atoms with E-state index in [0.29, 0.717) is 49.9 Å². The number of amides is 2. The van der Waals surface area contributed by atoms with Gasteiger partial charge in [-0.2, -0.15) is 5.10 Å². The quantitative estimate of drug-likeness (QED) is 0.625. The monoisotopic (exact) mass is 451 g/mol. The molecule has 0 saturated carbocycles. The van der Waals surface area contributed by atoms with Gasteiger partial charge in [-0.15, -0.1) is 0 Å². The van der Waals surface area contributed by atoms with Crippen LogP contribution in [0.2, 0.25) is 5.02 Å². The van der Waals surface area contributed by atoms with Gasteiger partial charge in [0.25, 0.3) is 5.91 Å². The Bertz CT molecular complexity index is 1090. The Morgan fingerprint density at radius 1 is 1.03 bits per heavy atom. The van der Waals surface area contributed by atoms with Crippen molar-refractivity contribution in [3.8, 4) is 5.69 Å². The average Bonchev–Trinajstić information content (AvgIpc) is 3.19. The fraction of sp³-hybridized carbons (Fsp3) is 0.292. The zero-order valence-electron chi connectivity index (χ0n) is 18.0. The van der Waals surface area contributed by atoms with Gasteiger partial charge in [-0.3, -0.25) is 14.5 Å². The van der Waals surface area contributed by atoms with E-state index in [-0.39, 0.29) is 11.8 Å². The van der Waals surface area contributed by atoms with Gasteiger partial charge < -0.3 is 10.2 Å². The maximum absolute atomic E-state index is 13.1. The molecule has 0 unspecified atom stereocenters. The predicted octanol–water partition coefficient (Wildman–Crippen LogP) is 2.91. The minimum absolute atomic E-state index is 0.00716. The maximum atomic E-state index is 13.1. The summed E-state index contributed by atoms with van der Waals surface area (Å²) in [6, 6.07) is 17.2. The van der Waals surface area contributed by atoms with Gasteiger partial charge in [0.15, 0.2) is 0 Å². The highest BCUT2D eigenvalue weighted by Gasteiger charge is 2.26. The Morgan fingerprint density at radius 2 is 1.78 bits per heavy atom. The number of hydrogen-bond donors (Lipinski definition) is 1. The second kappa shape index (κ2) is 9.97. The molecule has 0 bridgehead atoms. The molecule has 0 aliphatic carbocycles. The van der Waals surface area contributed by atoms with Crippen molar-refractivity contribution < 1.29 is 9.59 Å². The molecule has 2 amide bonds. The first kappa shape index (κ1) is 22.0. The minimum Gasteiger partial charge on any atom is -0.351 e. The molecule has 1 aromatic heterocycles. The van der Waals surface area contributed by atoms with E-state index in [9.17, 15) is 9.59 Å². The zero-order chi connectivity index (χ0) is 22.5. The lowest BCUT2D eigenvalue weighted by Crippen LogP contribution is -2.51. The summed E-state index contributed by atoms with van der Waals surface area (Å²) >= 11 is 6.09.